The van der Waals surface area contributed by atoms with E-state index in [2.05, 4.69) is 195 Å². The van der Waals surface area contributed by atoms with Gasteiger partial charge in [-0.05, 0) is 222 Å². The molecule has 4 heteroatoms. The van der Waals surface area contributed by atoms with Crippen molar-refractivity contribution in [3.8, 4) is 0 Å². The lowest BCUT2D eigenvalue weighted by Crippen LogP contribution is -2.59. The Hall–Kier alpha value is -3.92. The highest BCUT2D eigenvalue weighted by Crippen LogP contribution is 2.64. The summed E-state index contributed by atoms with van der Waals surface area (Å²) < 4.78 is 7.91. The van der Waals surface area contributed by atoms with Crippen LogP contribution in [0.1, 0.15) is 213 Å². The van der Waals surface area contributed by atoms with E-state index in [0.29, 0.717) is 47.3 Å². The predicted octanol–water partition coefficient (Wildman–Crippen LogP) is 19.0. The molecule has 2 aliphatic heterocycles. The van der Waals surface area contributed by atoms with Crippen LogP contribution in [0.3, 0.4) is 0 Å². The van der Waals surface area contributed by atoms with Crippen molar-refractivity contribution in [2.45, 2.75) is 214 Å². The van der Waals surface area contributed by atoms with Crippen molar-refractivity contribution in [3.05, 3.63) is 133 Å². The average Bonchev–Trinajstić information content (AvgIpc) is 3.96. The van der Waals surface area contributed by atoms with Crippen LogP contribution in [0.25, 0.3) is 6.08 Å². The first-order valence-electron chi connectivity index (χ1n) is 31.5. The zero-order chi connectivity index (χ0) is 54.6. The lowest BCUT2D eigenvalue weighted by Gasteiger charge is -2.57. The van der Waals surface area contributed by atoms with E-state index in [1.807, 2.05) is 0 Å². The minimum absolute atomic E-state index is 0.0542. The third-order valence-corrected chi connectivity index (χ3v) is 24.5. The molecule has 0 bridgehead atoms. The molecule has 0 saturated heterocycles. The maximum absolute atomic E-state index is 7.91. The summed E-state index contributed by atoms with van der Waals surface area (Å²) >= 11 is 0. The van der Waals surface area contributed by atoms with Gasteiger partial charge in [-0.3, -0.25) is 0 Å². The van der Waals surface area contributed by atoms with Gasteiger partial charge in [0.2, 0.25) is 0 Å². The first-order valence-corrected chi connectivity index (χ1v) is 31.5. The molecule has 13 rings (SSSR count). The molecule has 77 heavy (non-hydrogen) atoms. The number of furan rings is 1. The van der Waals surface area contributed by atoms with E-state index in [9.17, 15) is 0 Å². The molecule has 0 radical (unpaired) electrons. The summed E-state index contributed by atoms with van der Waals surface area (Å²) in [5.41, 5.74) is 24.1. The van der Waals surface area contributed by atoms with Crippen LogP contribution < -0.4 is 10.6 Å². The van der Waals surface area contributed by atoms with Crippen LogP contribution in [0.5, 0.6) is 0 Å². The number of allylic oxidation sites excluding steroid dienone is 16. The van der Waals surface area contributed by atoms with Crippen molar-refractivity contribution < 1.29 is 4.42 Å². The SMILES string of the molecule is CC1=CC2=C3B(C4=C(CC5C(=C4)C(C)(C)CCC5(C)C)N2C2=C(C4=CC=C(C(C)(C)C)CC4)C4C(C=C2)C(C)(C)CCC4(C)C)c2oc4c(c2N(C2=CC5C(C=C2)C(C)(C)CCC5(C)C)C3C1)CC1C(=C4)C(C)CCC1C. The van der Waals surface area contributed by atoms with Crippen LogP contribution in [0.4, 0.5) is 5.69 Å². The molecule has 1 aromatic rings. The Bertz CT molecular complexity index is 3100. The van der Waals surface area contributed by atoms with E-state index in [1.165, 1.54) is 96.7 Å². The van der Waals surface area contributed by atoms with E-state index in [4.69, 9.17) is 4.42 Å². The fraction of sp³-hybridized carbons (Fsp3) is 0.644. The highest BCUT2D eigenvalue weighted by molar-refractivity contribution is 6.88. The summed E-state index contributed by atoms with van der Waals surface area (Å²) in [7, 11) is 0. The monoisotopic (exact) mass is 1030 g/mol. The third-order valence-electron chi connectivity index (χ3n) is 24.5. The lowest BCUT2D eigenvalue weighted by molar-refractivity contribution is 0.0257. The number of nitrogens with zero attached hydrogens (tertiary/aromatic N) is 2. The fourth-order valence-corrected chi connectivity index (χ4v) is 19.0. The van der Waals surface area contributed by atoms with Crippen LogP contribution >= 0.6 is 0 Å². The van der Waals surface area contributed by atoms with Crippen molar-refractivity contribution in [1.82, 2.24) is 4.90 Å². The standard InChI is InChI=1S/C73H99BN2O/c1-42-35-59-64-60(36-42)76(57-28-27-52-63(73(17,18)34-33-69(52,9)10)62(57)45-21-23-46(24-22-45)67(4,5)6)58-41-55-54(71(13,14)31-32-72(55,15)16)40-56(58)74(64)66-65(50-38-48-43(2)19-20-44(3)49(48)39-61(50)77-66)75(59)47-25-26-51-53(37-47)70(11,12)30-29-68(51,7)8/h21,23,25-28,36-37,39-40,43-44,48,51-53,55,59,63H,19-20,22,24,29-35,38,41H2,1-18H3. The van der Waals surface area contributed by atoms with E-state index < -0.39 is 0 Å². The summed E-state index contributed by atoms with van der Waals surface area (Å²) in [6, 6.07) is 0.165. The largest absolute Gasteiger partial charge is 0.468 e. The predicted molar refractivity (Wildman–Crippen MR) is 326 cm³/mol. The van der Waals surface area contributed by atoms with Gasteiger partial charge in [-0.15, -0.1) is 0 Å². The highest BCUT2D eigenvalue weighted by Gasteiger charge is 2.59. The van der Waals surface area contributed by atoms with E-state index in [1.54, 1.807) is 44.5 Å². The van der Waals surface area contributed by atoms with Gasteiger partial charge in [0.05, 0.1) is 17.4 Å². The molecule has 4 saturated carbocycles. The van der Waals surface area contributed by atoms with Crippen molar-refractivity contribution >= 4 is 24.1 Å². The Morgan fingerprint density at radius 3 is 2.05 bits per heavy atom. The first-order chi connectivity index (χ1) is 36.0. The van der Waals surface area contributed by atoms with Crippen LogP contribution in [0.15, 0.2) is 126 Å². The second-order valence-electron chi connectivity index (χ2n) is 33.1. The molecule has 3 heterocycles. The molecule has 9 atom stereocenters. The number of hydrogen-bond donors (Lipinski definition) is 0. The summed E-state index contributed by atoms with van der Waals surface area (Å²) in [5, 5.41) is 0. The minimum atomic E-state index is 0.0542. The van der Waals surface area contributed by atoms with Crippen molar-refractivity contribution in [2.24, 2.45) is 85.2 Å². The molecule has 0 N–H and O–H groups in total. The van der Waals surface area contributed by atoms with Crippen LogP contribution in [-0.4, -0.2) is 17.7 Å². The maximum atomic E-state index is 7.91. The van der Waals surface area contributed by atoms with Gasteiger partial charge >= 0.3 is 0 Å². The number of anilines is 1. The quantitative estimate of drug-likeness (QED) is 0.281. The number of hydrogen-bond acceptors (Lipinski definition) is 3. The van der Waals surface area contributed by atoms with Crippen LogP contribution in [-0.2, 0) is 6.42 Å². The van der Waals surface area contributed by atoms with Crippen molar-refractivity contribution in [1.29, 1.82) is 0 Å². The molecule has 410 valence electrons. The van der Waals surface area contributed by atoms with Gasteiger partial charge in [0.15, 0.2) is 0 Å². The van der Waals surface area contributed by atoms with Gasteiger partial charge < -0.3 is 14.2 Å². The van der Waals surface area contributed by atoms with Gasteiger partial charge in [0.25, 0.3) is 6.71 Å². The molecule has 0 spiro atoms. The molecular weight excluding hydrogens is 932 g/mol. The Morgan fingerprint density at radius 1 is 0.675 bits per heavy atom. The van der Waals surface area contributed by atoms with Gasteiger partial charge in [-0.25, -0.2) is 0 Å². The van der Waals surface area contributed by atoms with E-state index in [0.717, 1.165) is 32.1 Å². The topological polar surface area (TPSA) is 19.6 Å². The zero-order valence-corrected chi connectivity index (χ0v) is 51.5. The first kappa shape index (κ1) is 52.5. The highest BCUT2D eigenvalue weighted by atomic mass is 16.3. The summed E-state index contributed by atoms with van der Waals surface area (Å²) in [5.74, 6) is 5.35. The van der Waals surface area contributed by atoms with Gasteiger partial charge in [-0.1, -0.05) is 176 Å². The Balaban J connectivity index is 1.12. The Kier molecular flexibility index (Phi) is 11.6. The summed E-state index contributed by atoms with van der Waals surface area (Å²) in [6.07, 6.45) is 42.4. The van der Waals surface area contributed by atoms with Gasteiger partial charge in [0.1, 0.15) is 5.76 Å². The third kappa shape index (κ3) is 7.87. The number of fused-ring (bicyclic) bond motifs is 9. The van der Waals surface area contributed by atoms with Crippen molar-refractivity contribution in [2.75, 3.05) is 4.90 Å². The molecule has 0 aromatic carbocycles. The van der Waals surface area contributed by atoms with Crippen LogP contribution in [0, 0.1) is 85.2 Å². The molecular formula is C73H99BN2O. The van der Waals surface area contributed by atoms with Gasteiger partial charge in [-0.2, -0.15) is 0 Å². The second kappa shape index (κ2) is 17.1. The van der Waals surface area contributed by atoms with E-state index >= 15 is 0 Å². The molecule has 4 fully saturated rings. The normalized spacial score (nSPS) is 35.6. The smallest absolute Gasteiger partial charge is 0.292 e. The zero-order valence-electron chi connectivity index (χ0n) is 51.5. The molecule has 10 aliphatic carbocycles. The molecule has 9 unspecified atom stereocenters. The summed E-state index contributed by atoms with van der Waals surface area (Å²) in [6.45, 7) is 45.9. The Morgan fingerprint density at radius 2 is 1.35 bits per heavy atom. The lowest BCUT2D eigenvalue weighted by atomic mass is 9.31. The molecule has 12 aliphatic rings. The van der Waals surface area contributed by atoms with Crippen LogP contribution in [0.2, 0.25) is 0 Å². The molecule has 0 amide bonds. The second-order valence-corrected chi connectivity index (χ2v) is 33.1. The average molecular weight is 1030 g/mol. The van der Waals surface area contributed by atoms with Gasteiger partial charge in [0, 0.05) is 28.4 Å². The maximum Gasteiger partial charge on any atom is 0.292 e. The summed E-state index contributed by atoms with van der Waals surface area (Å²) in [4.78, 5) is 5.92. The fourth-order valence-electron chi connectivity index (χ4n) is 19.0. The van der Waals surface area contributed by atoms with Crippen molar-refractivity contribution in [3.63, 3.8) is 0 Å². The van der Waals surface area contributed by atoms with E-state index in [-0.39, 0.29) is 50.7 Å². The molecule has 1 aromatic heterocycles. The molecule has 3 nitrogen and oxygen atoms in total. The Labute approximate surface area is 468 Å². The number of rotatable bonds is 3. The minimum Gasteiger partial charge on any atom is -0.468 e.